The molecule has 6 nitrogen and oxygen atoms in total. The Morgan fingerprint density at radius 1 is 1.44 bits per heavy atom. The van der Waals surface area contributed by atoms with Gasteiger partial charge in [-0.2, -0.15) is 9.90 Å². The molecule has 102 valence electrons. The molecule has 1 aromatic rings. The van der Waals surface area contributed by atoms with Crippen LogP contribution in [-0.4, -0.2) is 38.6 Å². The van der Waals surface area contributed by atoms with E-state index in [2.05, 4.69) is 26.1 Å². The smallest absolute Gasteiger partial charge is 0.410 e. The molecule has 0 spiro atoms. The molecule has 0 fully saturated rings. The summed E-state index contributed by atoms with van der Waals surface area (Å²) in [5, 5.41) is 8.31. The minimum Gasteiger partial charge on any atom is -0.444 e. The van der Waals surface area contributed by atoms with E-state index in [-0.39, 0.29) is 12.1 Å². The Kier molecular flexibility index (Phi) is 4.37. The molecule has 1 aromatic heterocycles. The number of aromatic nitrogens is 3. The topological polar surface area (TPSA) is 60.2 Å². The van der Waals surface area contributed by atoms with E-state index in [9.17, 15) is 4.79 Å². The first-order valence-corrected chi connectivity index (χ1v) is 6.43. The molecule has 0 saturated carbocycles. The van der Waals surface area contributed by atoms with E-state index in [1.165, 1.54) is 9.70 Å². The van der Waals surface area contributed by atoms with Crippen molar-refractivity contribution in [2.45, 2.75) is 39.3 Å². The number of carbonyl (C=O) groups is 1. The van der Waals surface area contributed by atoms with Gasteiger partial charge in [0.1, 0.15) is 11.3 Å². The third-order valence-corrected chi connectivity index (χ3v) is 2.92. The highest BCUT2D eigenvalue weighted by molar-refractivity contribution is 9.10. The lowest BCUT2D eigenvalue weighted by molar-refractivity contribution is 0.0230. The summed E-state index contributed by atoms with van der Waals surface area (Å²) < 4.78 is 5.94. The van der Waals surface area contributed by atoms with Gasteiger partial charge in [-0.15, -0.1) is 5.10 Å². The minimum atomic E-state index is -0.509. The van der Waals surface area contributed by atoms with Crippen LogP contribution in [0.2, 0.25) is 0 Å². The van der Waals surface area contributed by atoms with Crippen LogP contribution in [0.3, 0.4) is 0 Å². The first-order chi connectivity index (χ1) is 8.11. The Morgan fingerprint density at radius 3 is 2.39 bits per heavy atom. The Hall–Kier alpha value is -1.11. The van der Waals surface area contributed by atoms with Gasteiger partial charge >= 0.3 is 6.09 Å². The van der Waals surface area contributed by atoms with Crippen molar-refractivity contribution in [3.05, 3.63) is 10.3 Å². The summed E-state index contributed by atoms with van der Waals surface area (Å²) in [5.41, 5.74) is 0.191. The van der Waals surface area contributed by atoms with Crippen LogP contribution in [0.1, 0.15) is 39.4 Å². The highest BCUT2D eigenvalue weighted by atomic mass is 79.9. The predicted octanol–water partition coefficient (Wildman–Crippen LogP) is 2.51. The SMILES string of the molecule is CC(c1nn(C)nc1Br)N(C)C(=O)OC(C)(C)C. The zero-order valence-electron chi connectivity index (χ0n) is 11.6. The van der Waals surface area contributed by atoms with Crippen molar-refractivity contribution in [3.8, 4) is 0 Å². The third kappa shape index (κ3) is 3.69. The second-order valence-electron chi connectivity index (χ2n) is 5.13. The molecule has 18 heavy (non-hydrogen) atoms. The Morgan fingerprint density at radius 2 is 2.00 bits per heavy atom. The van der Waals surface area contributed by atoms with Gasteiger partial charge in [0, 0.05) is 14.1 Å². The zero-order chi connectivity index (χ0) is 14.1. The fourth-order valence-corrected chi connectivity index (χ4v) is 1.97. The maximum Gasteiger partial charge on any atom is 0.410 e. The summed E-state index contributed by atoms with van der Waals surface area (Å²) in [7, 11) is 3.41. The van der Waals surface area contributed by atoms with E-state index in [4.69, 9.17) is 4.74 Å². The van der Waals surface area contributed by atoms with Crippen LogP contribution in [0.15, 0.2) is 4.60 Å². The molecular formula is C11H19BrN4O2. The maximum absolute atomic E-state index is 11.9. The Bertz CT molecular complexity index is 439. The van der Waals surface area contributed by atoms with Gasteiger partial charge in [0.05, 0.1) is 6.04 Å². The Balaban J connectivity index is 2.81. The quantitative estimate of drug-likeness (QED) is 0.840. The van der Waals surface area contributed by atoms with Crippen molar-refractivity contribution < 1.29 is 9.53 Å². The summed E-state index contributed by atoms with van der Waals surface area (Å²) in [6.45, 7) is 7.38. The van der Waals surface area contributed by atoms with Crippen LogP contribution in [-0.2, 0) is 11.8 Å². The van der Waals surface area contributed by atoms with Crippen molar-refractivity contribution >= 4 is 22.0 Å². The van der Waals surface area contributed by atoms with Crippen LogP contribution >= 0.6 is 15.9 Å². The molecule has 1 rings (SSSR count). The van der Waals surface area contributed by atoms with Crippen LogP contribution < -0.4 is 0 Å². The van der Waals surface area contributed by atoms with Gasteiger partial charge in [-0.3, -0.25) is 0 Å². The number of aryl methyl sites for hydroxylation is 1. The molecular weight excluding hydrogens is 300 g/mol. The largest absolute Gasteiger partial charge is 0.444 e. The fraction of sp³-hybridized carbons (Fsp3) is 0.727. The van der Waals surface area contributed by atoms with Crippen molar-refractivity contribution in [2.75, 3.05) is 7.05 Å². The molecule has 0 aromatic carbocycles. The molecule has 0 saturated heterocycles. The number of hydrogen-bond acceptors (Lipinski definition) is 4. The highest BCUT2D eigenvalue weighted by Crippen LogP contribution is 2.24. The van der Waals surface area contributed by atoms with E-state index in [0.29, 0.717) is 10.3 Å². The van der Waals surface area contributed by atoms with Crippen molar-refractivity contribution in [1.82, 2.24) is 19.9 Å². The van der Waals surface area contributed by atoms with Crippen LogP contribution in [0.4, 0.5) is 4.79 Å². The van der Waals surface area contributed by atoms with Gasteiger partial charge in [-0.05, 0) is 43.6 Å². The Labute approximate surface area is 115 Å². The molecule has 0 aliphatic carbocycles. The average molecular weight is 319 g/mol. The number of hydrogen-bond donors (Lipinski definition) is 0. The number of ether oxygens (including phenoxy) is 1. The van der Waals surface area contributed by atoms with E-state index >= 15 is 0 Å². The monoisotopic (exact) mass is 318 g/mol. The number of carbonyl (C=O) groups excluding carboxylic acids is 1. The van der Waals surface area contributed by atoms with Gasteiger partial charge < -0.3 is 9.64 Å². The number of amides is 1. The van der Waals surface area contributed by atoms with Gasteiger partial charge in [0.25, 0.3) is 0 Å². The maximum atomic E-state index is 11.9. The van der Waals surface area contributed by atoms with E-state index < -0.39 is 5.60 Å². The lowest BCUT2D eigenvalue weighted by Crippen LogP contribution is -2.36. The van der Waals surface area contributed by atoms with Gasteiger partial charge in [0.15, 0.2) is 4.60 Å². The lowest BCUT2D eigenvalue weighted by Gasteiger charge is -2.27. The standard InChI is InChI=1S/C11H19BrN4O2/c1-7(8-9(12)14-16(6)13-8)15(5)10(17)18-11(2,3)4/h7H,1-6H3. The molecule has 1 atom stereocenters. The number of halogens is 1. The summed E-state index contributed by atoms with van der Waals surface area (Å²) in [5.74, 6) is 0. The molecule has 0 bridgehead atoms. The summed E-state index contributed by atoms with van der Waals surface area (Å²) in [4.78, 5) is 14.9. The summed E-state index contributed by atoms with van der Waals surface area (Å²) in [6.07, 6.45) is -0.382. The molecule has 7 heteroatoms. The highest BCUT2D eigenvalue weighted by Gasteiger charge is 2.26. The first-order valence-electron chi connectivity index (χ1n) is 5.64. The summed E-state index contributed by atoms with van der Waals surface area (Å²) >= 11 is 3.32. The van der Waals surface area contributed by atoms with Crippen LogP contribution in [0.5, 0.6) is 0 Å². The van der Waals surface area contributed by atoms with Crippen molar-refractivity contribution in [2.24, 2.45) is 7.05 Å². The lowest BCUT2D eigenvalue weighted by atomic mass is 10.2. The van der Waals surface area contributed by atoms with Crippen molar-refractivity contribution in [3.63, 3.8) is 0 Å². The average Bonchev–Trinajstić information content (AvgIpc) is 2.53. The van der Waals surface area contributed by atoms with Crippen LogP contribution in [0, 0.1) is 0 Å². The van der Waals surface area contributed by atoms with E-state index in [1.807, 2.05) is 27.7 Å². The zero-order valence-corrected chi connectivity index (χ0v) is 13.1. The van der Waals surface area contributed by atoms with Gasteiger partial charge in [-0.25, -0.2) is 4.79 Å². The second kappa shape index (κ2) is 5.26. The second-order valence-corrected chi connectivity index (χ2v) is 5.88. The van der Waals surface area contributed by atoms with Gasteiger partial charge in [-0.1, -0.05) is 0 Å². The van der Waals surface area contributed by atoms with Gasteiger partial charge in [0.2, 0.25) is 0 Å². The fourth-order valence-electron chi connectivity index (χ4n) is 1.33. The molecule has 1 unspecified atom stereocenters. The van der Waals surface area contributed by atoms with E-state index in [1.54, 1.807) is 14.1 Å². The molecule has 1 amide bonds. The number of rotatable bonds is 2. The minimum absolute atomic E-state index is 0.220. The molecule has 1 heterocycles. The normalized spacial score (nSPS) is 13.3. The van der Waals surface area contributed by atoms with Crippen molar-refractivity contribution in [1.29, 1.82) is 0 Å². The molecule has 0 aliphatic rings. The molecule has 0 radical (unpaired) electrons. The number of nitrogens with zero attached hydrogens (tertiary/aromatic N) is 4. The molecule has 0 aliphatic heterocycles. The first kappa shape index (κ1) is 14.9. The summed E-state index contributed by atoms with van der Waals surface area (Å²) in [6, 6.07) is -0.220. The molecule has 0 N–H and O–H groups in total. The predicted molar refractivity (Wildman–Crippen MR) is 71.1 cm³/mol. The van der Waals surface area contributed by atoms with E-state index in [0.717, 1.165) is 0 Å². The third-order valence-electron chi connectivity index (χ3n) is 2.35. The van der Waals surface area contributed by atoms with Crippen LogP contribution in [0.25, 0.3) is 0 Å².